The van der Waals surface area contributed by atoms with Crippen molar-refractivity contribution in [3.05, 3.63) is 29.8 Å². The monoisotopic (exact) mass is 357 g/mol. The molecule has 3 fully saturated rings. The van der Waals surface area contributed by atoms with Gasteiger partial charge < -0.3 is 10.2 Å². The summed E-state index contributed by atoms with van der Waals surface area (Å²) < 4.78 is 0. The van der Waals surface area contributed by atoms with Crippen LogP contribution in [0, 0.1) is 17.8 Å². The summed E-state index contributed by atoms with van der Waals surface area (Å²) in [5, 5.41) is 20.5. The van der Waals surface area contributed by atoms with E-state index in [2.05, 4.69) is 4.90 Å². The van der Waals surface area contributed by atoms with Gasteiger partial charge >= 0.3 is 0 Å². The number of hydrogen-bond donors (Lipinski definition) is 2. The third-order valence-electron chi connectivity index (χ3n) is 6.89. The fraction of sp³-hybridized carbons (Fsp3) is 0.682. The summed E-state index contributed by atoms with van der Waals surface area (Å²) in [5.74, 6) is 2.10. The molecular formula is C22H31NO3. The van der Waals surface area contributed by atoms with Crippen molar-refractivity contribution in [3.63, 3.8) is 0 Å². The van der Waals surface area contributed by atoms with E-state index in [1.165, 1.54) is 32.1 Å². The Bertz CT molecular complexity index is 621. The first-order valence-corrected chi connectivity index (χ1v) is 10.3. The van der Waals surface area contributed by atoms with Crippen molar-refractivity contribution in [2.75, 3.05) is 19.6 Å². The minimum atomic E-state index is -0.454. The van der Waals surface area contributed by atoms with Gasteiger partial charge in [-0.15, -0.1) is 0 Å². The fourth-order valence-corrected chi connectivity index (χ4v) is 5.72. The number of hydrogen-bond acceptors (Lipinski definition) is 4. The lowest BCUT2D eigenvalue weighted by molar-refractivity contribution is 0.00622. The van der Waals surface area contributed by atoms with E-state index in [4.69, 9.17) is 0 Å². The molecule has 0 amide bonds. The van der Waals surface area contributed by atoms with Gasteiger partial charge in [0.2, 0.25) is 0 Å². The number of fused-ring (bicyclic) bond motifs is 1. The van der Waals surface area contributed by atoms with Gasteiger partial charge in [-0.2, -0.15) is 0 Å². The van der Waals surface area contributed by atoms with Crippen LogP contribution in [0.1, 0.15) is 61.7 Å². The molecule has 2 aliphatic carbocycles. The first-order chi connectivity index (χ1) is 12.5. The average Bonchev–Trinajstić information content (AvgIpc) is 3.10. The Kier molecular flexibility index (Phi) is 5.07. The molecule has 4 rings (SSSR count). The number of benzene rings is 1. The highest BCUT2D eigenvalue weighted by Crippen LogP contribution is 2.47. The molecule has 1 saturated heterocycles. The molecule has 4 nitrogen and oxygen atoms in total. The van der Waals surface area contributed by atoms with Crippen LogP contribution in [0.4, 0.5) is 0 Å². The number of likely N-dealkylation sites (tertiary alicyclic amines) is 1. The second-order valence-electron chi connectivity index (χ2n) is 9.03. The standard InChI is InChI=1S/C22H31NO3/c24-20-8-6-17(7-9-20)21(25)15-23-13-18-11-22(26,12-19(18)14-23)10-16-4-2-1-3-5-16/h6-9,16,18-19,24,26H,1-5,10-15H2/t18-,19+,22+. The van der Waals surface area contributed by atoms with E-state index in [9.17, 15) is 15.0 Å². The number of nitrogens with zero attached hydrogens (tertiary/aromatic N) is 1. The van der Waals surface area contributed by atoms with Crippen LogP contribution in [0.25, 0.3) is 0 Å². The number of rotatable bonds is 5. The van der Waals surface area contributed by atoms with Crippen LogP contribution in [-0.4, -0.2) is 46.1 Å². The Morgan fingerprint density at radius 2 is 1.65 bits per heavy atom. The van der Waals surface area contributed by atoms with Gasteiger partial charge in [-0.1, -0.05) is 32.1 Å². The zero-order valence-corrected chi connectivity index (χ0v) is 15.6. The van der Waals surface area contributed by atoms with Crippen molar-refractivity contribution >= 4 is 5.78 Å². The van der Waals surface area contributed by atoms with E-state index in [1.54, 1.807) is 24.3 Å². The predicted octanol–water partition coefficient (Wildman–Crippen LogP) is 3.62. The minimum absolute atomic E-state index is 0.113. The van der Waals surface area contributed by atoms with Gasteiger partial charge in [-0.25, -0.2) is 0 Å². The Hall–Kier alpha value is -1.39. The maximum Gasteiger partial charge on any atom is 0.176 e. The molecule has 26 heavy (non-hydrogen) atoms. The molecule has 142 valence electrons. The van der Waals surface area contributed by atoms with E-state index in [-0.39, 0.29) is 11.5 Å². The highest BCUT2D eigenvalue weighted by atomic mass is 16.3. The second-order valence-corrected chi connectivity index (χ2v) is 9.03. The third kappa shape index (κ3) is 3.96. The van der Waals surface area contributed by atoms with Crippen LogP contribution in [0.5, 0.6) is 5.75 Å². The maximum atomic E-state index is 12.4. The van der Waals surface area contributed by atoms with Crippen molar-refractivity contribution in [1.82, 2.24) is 4.90 Å². The first kappa shape index (κ1) is 18.0. The molecule has 1 aromatic rings. The van der Waals surface area contributed by atoms with Crippen LogP contribution in [0.2, 0.25) is 0 Å². The first-order valence-electron chi connectivity index (χ1n) is 10.3. The van der Waals surface area contributed by atoms with Crippen LogP contribution in [-0.2, 0) is 0 Å². The molecule has 0 aromatic heterocycles. The lowest BCUT2D eigenvalue weighted by Crippen LogP contribution is -2.34. The number of ketones is 1. The maximum absolute atomic E-state index is 12.4. The summed E-state index contributed by atoms with van der Waals surface area (Å²) in [6.07, 6.45) is 9.45. The highest BCUT2D eigenvalue weighted by molar-refractivity contribution is 5.97. The molecule has 2 saturated carbocycles. The Morgan fingerprint density at radius 1 is 1.04 bits per heavy atom. The van der Waals surface area contributed by atoms with Gasteiger partial charge in [0, 0.05) is 18.7 Å². The third-order valence-corrected chi connectivity index (χ3v) is 6.89. The summed E-state index contributed by atoms with van der Waals surface area (Å²) in [5.41, 5.74) is 0.207. The van der Waals surface area contributed by atoms with Gasteiger partial charge in [0.1, 0.15) is 5.75 Å². The molecule has 4 heteroatoms. The average molecular weight is 357 g/mol. The SMILES string of the molecule is O=C(CN1C[C@@H]2C[C@](O)(CC3CCCCC3)C[C@@H]2C1)c1ccc(O)cc1. The van der Waals surface area contributed by atoms with Crippen LogP contribution >= 0.6 is 0 Å². The molecule has 0 spiro atoms. The van der Waals surface area contributed by atoms with Crippen LogP contribution in [0.15, 0.2) is 24.3 Å². The molecule has 0 bridgehead atoms. The molecule has 3 atom stereocenters. The van der Waals surface area contributed by atoms with Crippen molar-refractivity contribution < 1.29 is 15.0 Å². The van der Waals surface area contributed by atoms with E-state index < -0.39 is 5.60 Å². The molecule has 0 unspecified atom stereocenters. The van der Waals surface area contributed by atoms with Crippen molar-refractivity contribution in [2.24, 2.45) is 17.8 Å². The van der Waals surface area contributed by atoms with Crippen molar-refractivity contribution in [2.45, 2.75) is 57.0 Å². The van der Waals surface area contributed by atoms with Gasteiger partial charge in [0.15, 0.2) is 5.78 Å². The fourth-order valence-electron chi connectivity index (χ4n) is 5.72. The molecule has 2 N–H and O–H groups in total. The summed E-state index contributed by atoms with van der Waals surface area (Å²) in [4.78, 5) is 14.7. The minimum Gasteiger partial charge on any atom is -0.508 e. The topological polar surface area (TPSA) is 60.8 Å². The van der Waals surface area contributed by atoms with E-state index in [0.29, 0.717) is 23.9 Å². The van der Waals surface area contributed by atoms with E-state index in [1.807, 2.05) is 0 Å². The number of phenols is 1. The number of carbonyl (C=O) groups excluding carboxylic acids is 1. The molecular weight excluding hydrogens is 326 g/mol. The van der Waals surface area contributed by atoms with Crippen molar-refractivity contribution in [3.8, 4) is 5.75 Å². The summed E-state index contributed by atoms with van der Waals surface area (Å²) >= 11 is 0. The zero-order valence-electron chi connectivity index (χ0n) is 15.6. The van der Waals surface area contributed by atoms with Gasteiger partial charge in [0.05, 0.1) is 12.1 Å². The quantitative estimate of drug-likeness (QED) is 0.790. The smallest absolute Gasteiger partial charge is 0.176 e. The van der Waals surface area contributed by atoms with Crippen molar-refractivity contribution in [1.29, 1.82) is 0 Å². The number of phenolic OH excluding ortho intramolecular Hbond substituents is 1. The number of aliphatic hydroxyl groups is 1. The highest BCUT2D eigenvalue weighted by Gasteiger charge is 2.48. The normalized spacial score (nSPS) is 32.7. The van der Waals surface area contributed by atoms with Gasteiger partial charge in [0.25, 0.3) is 0 Å². The van der Waals surface area contributed by atoms with Crippen LogP contribution < -0.4 is 0 Å². The molecule has 3 aliphatic rings. The summed E-state index contributed by atoms with van der Waals surface area (Å²) in [7, 11) is 0. The van der Waals surface area contributed by atoms with E-state index in [0.717, 1.165) is 38.3 Å². The van der Waals surface area contributed by atoms with Gasteiger partial charge in [-0.3, -0.25) is 9.69 Å². The Morgan fingerprint density at radius 3 is 2.27 bits per heavy atom. The van der Waals surface area contributed by atoms with E-state index >= 15 is 0 Å². The lowest BCUT2D eigenvalue weighted by atomic mass is 9.79. The van der Waals surface area contributed by atoms with Gasteiger partial charge in [-0.05, 0) is 61.3 Å². The number of Topliss-reactive ketones (excluding diaryl/α,β-unsaturated/α-hetero) is 1. The Balaban J connectivity index is 1.29. The Labute approximate surface area is 156 Å². The predicted molar refractivity (Wildman–Crippen MR) is 101 cm³/mol. The molecule has 1 heterocycles. The molecule has 1 aliphatic heterocycles. The summed E-state index contributed by atoms with van der Waals surface area (Å²) in [6.45, 7) is 2.31. The molecule has 0 radical (unpaired) electrons. The second kappa shape index (κ2) is 7.32. The lowest BCUT2D eigenvalue weighted by Gasteiger charge is -2.32. The zero-order chi connectivity index (χ0) is 18.1. The number of carbonyl (C=O) groups is 1. The largest absolute Gasteiger partial charge is 0.508 e. The number of aromatic hydroxyl groups is 1. The molecule has 1 aromatic carbocycles. The summed E-state index contributed by atoms with van der Waals surface area (Å²) in [6, 6.07) is 6.52. The van der Waals surface area contributed by atoms with Crippen LogP contribution in [0.3, 0.4) is 0 Å².